The number of likely N-dealkylation sites (tertiary alicyclic amines) is 1. The highest BCUT2D eigenvalue weighted by Gasteiger charge is 2.35. The van der Waals surface area contributed by atoms with E-state index >= 15 is 0 Å². The molecule has 5 heteroatoms. The van der Waals surface area contributed by atoms with Crippen LogP contribution in [0.25, 0.3) is 0 Å². The van der Waals surface area contributed by atoms with Crippen LogP contribution in [-0.4, -0.2) is 35.6 Å². The van der Waals surface area contributed by atoms with Crippen molar-refractivity contribution in [1.82, 2.24) is 10.2 Å². The SMILES string of the molecule is CC(C)(C)OC(=O)NC(C)(CC(=O)N1CCCC1)c1ccccc1. The van der Waals surface area contributed by atoms with Gasteiger partial charge in [0.15, 0.2) is 0 Å². The molecule has 132 valence electrons. The highest BCUT2D eigenvalue weighted by atomic mass is 16.6. The van der Waals surface area contributed by atoms with Crippen molar-refractivity contribution in [3.8, 4) is 0 Å². The fraction of sp³-hybridized carbons (Fsp3) is 0.579. The van der Waals surface area contributed by atoms with Crippen molar-refractivity contribution in [2.75, 3.05) is 13.1 Å². The first-order chi connectivity index (χ1) is 11.2. The van der Waals surface area contributed by atoms with Gasteiger partial charge in [-0.05, 0) is 46.1 Å². The van der Waals surface area contributed by atoms with Gasteiger partial charge >= 0.3 is 6.09 Å². The quantitative estimate of drug-likeness (QED) is 0.919. The molecule has 1 aliphatic rings. The van der Waals surface area contributed by atoms with Gasteiger partial charge in [-0.15, -0.1) is 0 Å². The van der Waals surface area contributed by atoms with E-state index in [-0.39, 0.29) is 12.3 Å². The molecule has 24 heavy (non-hydrogen) atoms. The van der Waals surface area contributed by atoms with Gasteiger partial charge in [0.05, 0.1) is 12.0 Å². The van der Waals surface area contributed by atoms with E-state index in [2.05, 4.69) is 5.32 Å². The van der Waals surface area contributed by atoms with E-state index in [4.69, 9.17) is 4.74 Å². The molecule has 1 heterocycles. The lowest BCUT2D eigenvalue weighted by molar-refractivity contribution is -0.131. The third-order valence-corrected chi connectivity index (χ3v) is 4.15. The molecule has 0 bridgehead atoms. The van der Waals surface area contributed by atoms with E-state index in [1.54, 1.807) is 0 Å². The standard InChI is InChI=1S/C19H28N2O3/c1-18(2,3)24-17(23)20-19(4,15-10-6-5-7-11-15)14-16(22)21-12-8-9-13-21/h5-7,10-11H,8-9,12-14H2,1-4H3,(H,20,23). The smallest absolute Gasteiger partial charge is 0.408 e. The van der Waals surface area contributed by atoms with Gasteiger partial charge in [0.25, 0.3) is 0 Å². The van der Waals surface area contributed by atoms with Crippen LogP contribution in [0.2, 0.25) is 0 Å². The lowest BCUT2D eigenvalue weighted by Crippen LogP contribution is -2.48. The van der Waals surface area contributed by atoms with Crippen LogP contribution >= 0.6 is 0 Å². The largest absolute Gasteiger partial charge is 0.444 e. The molecule has 1 unspecified atom stereocenters. The summed E-state index contributed by atoms with van der Waals surface area (Å²) in [6, 6.07) is 9.58. The molecule has 1 saturated heterocycles. The number of nitrogens with zero attached hydrogens (tertiary/aromatic N) is 1. The molecule has 1 fully saturated rings. The van der Waals surface area contributed by atoms with E-state index in [1.165, 1.54) is 0 Å². The molecule has 2 amide bonds. The minimum Gasteiger partial charge on any atom is -0.444 e. The molecule has 1 aromatic rings. The summed E-state index contributed by atoms with van der Waals surface area (Å²) in [5.41, 5.74) is -0.493. The van der Waals surface area contributed by atoms with Gasteiger partial charge in [-0.2, -0.15) is 0 Å². The van der Waals surface area contributed by atoms with Crippen LogP contribution in [0.15, 0.2) is 30.3 Å². The zero-order valence-corrected chi connectivity index (χ0v) is 15.1. The summed E-state index contributed by atoms with van der Waals surface area (Å²) >= 11 is 0. The van der Waals surface area contributed by atoms with Crippen LogP contribution in [0.1, 0.15) is 52.5 Å². The lowest BCUT2D eigenvalue weighted by Gasteiger charge is -2.33. The number of carbonyl (C=O) groups excluding carboxylic acids is 2. The zero-order valence-electron chi connectivity index (χ0n) is 15.1. The minimum atomic E-state index is -0.802. The molecule has 5 nitrogen and oxygen atoms in total. The normalized spacial score (nSPS) is 17.2. The average Bonchev–Trinajstić information content (AvgIpc) is 3.00. The molecule has 0 radical (unpaired) electrons. The van der Waals surface area contributed by atoms with E-state index in [1.807, 2.05) is 62.9 Å². The van der Waals surface area contributed by atoms with Gasteiger partial charge in [0.1, 0.15) is 5.60 Å². The van der Waals surface area contributed by atoms with E-state index in [9.17, 15) is 9.59 Å². The van der Waals surface area contributed by atoms with Gasteiger partial charge in [-0.25, -0.2) is 4.79 Å². The summed E-state index contributed by atoms with van der Waals surface area (Å²) in [6.45, 7) is 8.94. The summed E-state index contributed by atoms with van der Waals surface area (Å²) in [5, 5.41) is 2.91. The van der Waals surface area contributed by atoms with Crippen LogP contribution in [0, 0.1) is 0 Å². The molecular formula is C19H28N2O3. The van der Waals surface area contributed by atoms with Gasteiger partial charge < -0.3 is 15.0 Å². The maximum atomic E-state index is 12.6. The predicted molar refractivity (Wildman–Crippen MR) is 93.6 cm³/mol. The van der Waals surface area contributed by atoms with Crippen molar-refractivity contribution in [3.63, 3.8) is 0 Å². The fourth-order valence-electron chi connectivity index (χ4n) is 2.93. The second-order valence-corrected chi connectivity index (χ2v) is 7.59. The maximum Gasteiger partial charge on any atom is 0.408 e. The van der Waals surface area contributed by atoms with Crippen LogP contribution in [0.3, 0.4) is 0 Å². The summed E-state index contributed by atoms with van der Waals surface area (Å²) in [5.74, 6) is 0.0647. The molecule has 0 aliphatic carbocycles. The highest BCUT2D eigenvalue weighted by molar-refractivity contribution is 5.79. The first kappa shape index (κ1) is 18.3. The Bertz CT molecular complexity index is 574. The minimum absolute atomic E-state index is 0.0647. The number of alkyl carbamates (subject to hydrolysis) is 1. The average molecular weight is 332 g/mol. The van der Waals surface area contributed by atoms with E-state index < -0.39 is 17.2 Å². The van der Waals surface area contributed by atoms with E-state index in [0.717, 1.165) is 31.5 Å². The fourth-order valence-corrected chi connectivity index (χ4v) is 2.93. The van der Waals surface area contributed by atoms with Crippen molar-refractivity contribution >= 4 is 12.0 Å². The van der Waals surface area contributed by atoms with Crippen molar-refractivity contribution in [3.05, 3.63) is 35.9 Å². The van der Waals surface area contributed by atoms with Gasteiger partial charge in [-0.3, -0.25) is 4.79 Å². The molecule has 2 rings (SSSR count). The number of hydrogen-bond donors (Lipinski definition) is 1. The molecule has 0 spiro atoms. The Morgan fingerprint density at radius 3 is 2.21 bits per heavy atom. The maximum absolute atomic E-state index is 12.6. The zero-order chi connectivity index (χ0) is 17.8. The van der Waals surface area contributed by atoms with Crippen LogP contribution < -0.4 is 5.32 Å². The second kappa shape index (κ2) is 7.24. The topological polar surface area (TPSA) is 58.6 Å². The van der Waals surface area contributed by atoms with Crippen molar-refractivity contribution in [2.24, 2.45) is 0 Å². The number of carbonyl (C=O) groups is 2. The summed E-state index contributed by atoms with van der Waals surface area (Å²) in [7, 11) is 0. The molecular weight excluding hydrogens is 304 g/mol. The lowest BCUT2D eigenvalue weighted by atomic mass is 9.88. The molecule has 0 aromatic heterocycles. The summed E-state index contributed by atoms with van der Waals surface area (Å²) in [6.07, 6.45) is 1.81. The Labute approximate surface area is 144 Å². The Balaban J connectivity index is 2.18. The second-order valence-electron chi connectivity index (χ2n) is 7.59. The molecule has 1 N–H and O–H groups in total. The molecule has 1 aliphatic heterocycles. The Morgan fingerprint density at radius 2 is 1.67 bits per heavy atom. The highest BCUT2D eigenvalue weighted by Crippen LogP contribution is 2.27. The third kappa shape index (κ3) is 4.98. The third-order valence-electron chi connectivity index (χ3n) is 4.15. The first-order valence-electron chi connectivity index (χ1n) is 8.54. The van der Waals surface area contributed by atoms with Crippen LogP contribution in [0.4, 0.5) is 4.79 Å². The van der Waals surface area contributed by atoms with Gasteiger partial charge in [-0.1, -0.05) is 30.3 Å². The number of amides is 2. The first-order valence-corrected chi connectivity index (χ1v) is 8.54. The number of benzene rings is 1. The predicted octanol–water partition coefficient (Wildman–Crippen LogP) is 3.44. The van der Waals surface area contributed by atoms with Crippen molar-refractivity contribution < 1.29 is 14.3 Å². The Hall–Kier alpha value is -2.04. The van der Waals surface area contributed by atoms with Gasteiger partial charge in [0.2, 0.25) is 5.91 Å². The van der Waals surface area contributed by atoms with Crippen LogP contribution in [0.5, 0.6) is 0 Å². The van der Waals surface area contributed by atoms with Crippen molar-refractivity contribution in [1.29, 1.82) is 0 Å². The Kier molecular flexibility index (Phi) is 5.52. The number of nitrogens with one attached hydrogen (secondary N) is 1. The number of rotatable bonds is 4. The summed E-state index contributed by atoms with van der Waals surface area (Å²) < 4.78 is 5.39. The monoisotopic (exact) mass is 332 g/mol. The van der Waals surface area contributed by atoms with Gasteiger partial charge in [0, 0.05) is 13.1 Å². The van der Waals surface area contributed by atoms with Crippen LogP contribution in [-0.2, 0) is 15.1 Å². The Morgan fingerprint density at radius 1 is 1.08 bits per heavy atom. The molecule has 1 atom stereocenters. The van der Waals surface area contributed by atoms with E-state index in [0.29, 0.717) is 0 Å². The number of hydrogen-bond acceptors (Lipinski definition) is 3. The summed E-state index contributed by atoms with van der Waals surface area (Å²) in [4.78, 5) is 26.8. The van der Waals surface area contributed by atoms with Crippen molar-refractivity contribution in [2.45, 2.75) is 58.1 Å². The molecule has 1 aromatic carbocycles. The number of ether oxygens (including phenoxy) is 1. The molecule has 0 saturated carbocycles.